The summed E-state index contributed by atoms with van der Waals surface area (Å²) in [4.78, 5) is 3.73. The molecule has 2 aromatic heterocycles. The molecule has 1 N–H and O–H groups in total. The first-order valence-electron chi connectivity index (χ1n) is 6.95. The number of hydrogen-bond donors (Lipinski definition) is 1. The van der Waals surface area contributed by atoms with Gasteiger partial charge in [-0.2, -0.15) is 0 Å². The van der Waals surface area contributed by atoms with Gasteiger partial charge in [-0.15, -0.1) is 0 Å². The van der Waals surface area contributed by atoms with Crippen LogP contribution in [0.15, 0.2) is 59.9 Å². The fourth-order valence-electron chi connectivity index (χ4n) is 2.14. The predicted octanol–water partition coefficient (Wildman–Crippen LogP) is 3.77. The van der Waals surface area contributed by atoms with E-state index in [1.54, 1.807) is 30.0 Å². The van der Waals surface area contributed by atoms with Crippen molar-refractivity contribution in [2.24, 2.45) is 0 Å². The zero-order valence-electron chi connectivity index (χ0n) is 12.6. The topological polar surface area (TPSA) is 64.0 Å². The van der Waals surface area contributed by atoms with Crippen molar-refractivity contribution in [3.8, 4) is 5.69 Å². The molecule has 0 amide bonds. The van der Waals surface area contributed by atoms with E-state index in [9.17, 15) is 12.8 Å². The molecule has 24 heavy (non-hydrogen) atoms. The van der Waals surface area contributed by atoms with Gasteiger partial charge in [-0.1, -0.05) is 11.6 Å². The van der Waals surface area contributed by atoms with Crippen LogP contribution in [0.25, 0.3) is 5.69 Å². The number of pyridine rings is 1. The summed E-state index contributed by atoms with van der Waals surface area (Å²) in [6.07, 6.45) is 4.68. The summed E-state index contributed by atoms with van der Waals surface area (Å²) in [6.45, 7) is 1.64. The van der Waals surface area contributed by atoms with E-state index in [1.165, 1.54) is 18.2 Å². The number of sulfonamides is 1. The van der Waals surface area contributed by atoms with Crippen molar-refractivity contribution in [2.45, 2.75) is 11.8 Å². The number of aryl methyl sites for hydroxylation is 1. The molecule has 3 rings (SSSR count). The Labute approximate surface area is 143 Å². The molecule has 0 atom stereocenters. The van der Waals surface area contributed by atoms with Gasteiger partial charge >= 0.3 is 0 Å². The van der Waals surface area contributed by atoms with Crippen LogP contribution in [0.3, 0.4) is 0 Å². The molecule has 3 aromatic rings. The molecule has 0 fully saturated rings. The lowest BCUT2D eigenvalue weighted by molar-refractivity contribution is 0.598. The molecule has 0 spiro atoms. The molecule has 5 nitrogen and oxygen atoms in total. The van der Waals surface area contributed by atoms with E-state index in [0.29, 0.717) is 11.3 Å². The molecular weight excluding hydrogens is 353 g/mol. The van der Waals surface area contributed by atoms with Crippen LogP contribution in [0.1, 0.15) is 5.56 Å². The molecule has 0 bridgehead atoms. The smallest absolute Gasteiger partial charge is 0.263 e. The number of aromatic nitrogens is 2. The van der Waals surface area contributed by atoms with Crippen molar-refractivity contribution in [3.63, 3.8) is 0 Å². The Balaban J connectivity index is 1.97. The first-order valence-corrected chi connectivity index (χ1v) is 8.81. The minimum absolute atomic E-state index is 0.0878. The van der Waals surface area contributed by atoms with E-state index in [-0.39, 0.29) is 15.7 Å². The number of nitrogens with one attached hydrogen (secondary N) is 1. The molecule has 0 saturated heterocycles. The highest BCUT2D eigenvalue weighted by Crippen LogP contribution is 2.23. The van der Waals surface area contributed by atoms with Gasteiger partial charge in [-0.25, -0.2) is 17.8 Å². The fourth-order valence-corrected chi connectivity index (χ4v) is 3.33. The first-order chi connectivity index (χ1) is 11.4. The highest BCUT2D eigenvalue weighted by molar-refractivity contribution is 7.92. The maximum Gasteiger partial charge on any atom is 0.263 e. The Morgan fingerprint density at radius 3 is 2.58 bits per heavy atom. The third kappa shape index (κ3) is 3.27. The molecule has 0 unspecified atom stereocenters. The number of hydrogen-bond acceptors (Lipinski definition) is 3. The van der Waals surface area contributed by atoms with E-state index in [0.717, 1.165) is 6.20 Å². The Hall–Kier alpha value is -2.38. The van der Waals surface area contributed by atoms with Crippen LogP contribution in [0.4, 0.5) is 10.1 Å². The van der Waals surface area contributed by atoms with Crippen LogP contribution in [0, 0.1) is 12.7 Å². The molecule has 0 saturated carbocycles. The van der Waals surface area contributed by atoms with Gasteiger partial charge in [0.25, 0.3) is 10.0 Å². The average molecular weight is 366 g/mol. The molecule has 1 aromatic carbocycles. The van der Waals surface area contributed by atoms with Gasteiger partial charge in [0.05, 0.1) is 5.69 Å². The van der Waals surface area contributed by atoms with E-state index >= 15 is 0 Å². The minimum atomic E-state index is -3.98. The highest BCUT2D eigenvalue weighted by atomic mass is 35.5. The summed E-state index contributed by atoms with van der Waals surface area (Å²) in [5.74, 6) is -0.673. The summed E-state index contributed by atoms with van der Waals surface area (Å²) in [7, 11) is -3.98. The van der Waals surface area contributed by atoms with Gasteiger partial charge in [0, 0.05) is 24.3 Å². The van der Waals surface area contributed by atoms with Crippen molar-refractivity contribution in [2.75, 3.05) is 4.72 Å². The summed E-state index contributed by atoms with van der Waals surface area (Å²) < 4.78 is 42.9. The molecule has 124 valence electrons. The van der Waals surface area contributed by atoms with Gasteiger partial charge < -0.3 is 4.57 Å². The van der Waals surface area contributed by atoms with E-state index in [4.69, 9.17) is 11.6 Å². The monoisotopic (exact) mass is 365 g/mol. The SMILES string of the molecule is Cc1cc(S(=O)(=O)Nc2cc(-n3cccc3)ccc2F)cnc1Cl. The van der Waals surface area contributed by atoms with Gasteiger partial charge in [-0.3, -0.25) is 4.72 Å². The normalized spacial score (nSPS) is 11.5. The zero-order chi connectivity index (χ0) is 17.3. The third-order valence-electron chi connectivity index (χ3n) is 3.40. The number of halogens is 2. The second-order valence-electron chi connectivity index (χ2n) is 5.14. The standard InChI is InChI=1S/C16H13ClFN3O2S/c1-11-8-13(10-19-16(11)17)24(22,23)20-15-9-12(4-5-14(15)18)21-6-2-3-7-21/h2-10,20H,1H3. The Bertz CT molecular complexity index is 989. The van der Waals surface area contributed by atoms with Crippen LogP contribution >= 0.6 is 11.6 Å². The summed E-state index contributed by atoms with van der Waals surface area (Å²) >= 11 is 5.80. The summed E-state index contributed by atoms with van der Waals surface area (Å²) in [5, 5.41) is 0.217. The lowest BCUT2D eigenvalue weighted by atomic mass is 10.2. The lowest BCUT2D eigenvalue weighted by Gasteiger charge is -2.11. The van der Waals surface area contributed by atoms with E-state index in [2.05, 4.69) is 9.71 Å². The zero-order valence-corrected chi connectivity index (χ0v) is 14.1. The Morgan fingerprint density at radius 1 is 1.21 bits per heavy atom. The molecule has 0 aliphatic carbocycles. The lowest BCUT2D eigenvalue weighted by Crippen LogP contribution is -2.15. The van der Waals surface area contributed by atoms with E-state index < -0.39 is 15.8 Å². The van der Waals surface area contributed by atoms with Crippen molar-refractivity contribution in [1.82, 2.24) is 9.55 Å². The van der Waals surface area contributed by atoms with Crippen molar-refractivity contribution in [3.05, 3.63) is 71.5 Å². The Morgan fingerprint density at radius 2 is 1.92 bits per heavy atom. The molecule has 0 radical (unpaired) electrons. The second kappa shape index (κ2) is 6.26. The van der Waals surface area contributed by atoms with Crippen molar-refractivity contribution in [1.29, 1.82) is 0 Å². The quantitative estimate of drug-likeness (QED) is 0.716. The maximum absolute atomic E-state index is 14.0. The number of anilines is 1. The highest BCUT2D eigenvalue weighted by Gasteiger charge is 2.18. The average Bonchev–Trinajstić information content (AvgIpc) is 3.06. The maximum atomic E-state index is 14.0. The largest absolute Gasteiger partial charge is 0.324 e. The number of rotatable bonds is 4. The fraction of sp³-hybridized carbons (Fsp3) is 0.0625. The van der Waals surface area contributed by atoms with Crippen molar-refractivity contribution >= 4 is 27.3 Å². The van der Waals surface area contributed by atoms with Gasteiger partial charge in [-0.05, 0) is 48.9 Å². The minimum Gasteiger partial charge on any atom is -0.324 e. The van der Waals surface area contributed by atoms with Crippen LogP contribution < -0.4 is 4.72 Å². The predicted molar refractivity (Wildman–Crippen MR) is 90.5 cm³/mol. The summed E-state index contributed by atoms with van der Waals surface area (Å²) in [5.41, 5.74) is 0.999. The Kier molecular flexibility index (Phi) is 4.29. The van der Waals surface area contributed by atoms with Crippen LogP contribution in [-0.4, -0.2) is 18.0 Å². The number of nitrogens with zero attached hydrogens (tertiary/aromatic N) is 2. The second-order valence-corrected chi connectivity index (χ2v) is 7.18. The van der Waals surface area contributed by atoms with Gasteiger partial charge in [0.15, 0.2) is 0 Å². The molecule has 8 heteroatoms. The van der Waals surface area contributed by atoms with Gasteiger partial charge in [0.2, 0.25) is 0 Å². The van der Waals surface area contributed by atoms with E-state index in [1.807, 2.05) is 12.1 Å². The molecule has 0 aliphatic heterocycles. The molecular formula is C16H13ClFN3O2S. The summed E-state index contributed by atoms with van der Waals surface area (Å²) in [6, 6.07) is 9.19. The third-order valence-corrected chi connectivity index (χ3v) is 5.12. The van der Waals surface area contributed by atoms with Gasteiger partial charge in [0.1, 0.15) is 15.9 Å². The number of benzene rings is 1. The first kappa shape index (κ1) is 16.5. The molecule has 0 aliphatic rings. The van der Waals surface area contributed by atoms with Crippen molar-refractivity contribution < 1.29 is 12.8 Å². The molecule has 2 heterocycles. The van der Waals surface area contributed by atoms with Crippen LogP contribution in [0.5, 0.6) is 0 Å². The van der Waals surface area contributed by atoms with Crippen LogP contribution in [-0.2, 0) is 10.0 Å². The van der Waals surface area contributed by atoms with Crippen LogP contribution in [0.2, 0.25) is 5.15 Å².